The minimum absolute atomic E-state index is 0.441. The number of carbonyl (C=O) groups excluding carboxylic acids is 2. The molecule has 1 fully saturated rings. The molecule has 1 saturated heterocycles. The van der Waals surface area contributed by atoms with Crippen molar-refractivity contribution in [3.05, 3.63) is 23.8 Å². The molecule has 0 unspecified atom stereocenters. The van der Waals surface area contributed by atoms with Crippen LogP contribution in [0.25, 0.3) is 0 Å². The average molecular weight is 319 g/mol. The number of nitrogens with one attached hydrogen (secondary N) is 2. The first-order valence-corrected chi connectivity index (χ1v) is 7.92. The van der Waals surface area contributed by atoms with E-state index in [2.05, 4.69) is 22.6 Å². The van der Waals surface area contributed by atoms with Crippen LogP contribution in [0.3, 0.4) is 0 Å². The first-order chi connectivity index (χ1) is 11.0. The van der Waals surface area contributed by atoms with Crippen LogP contribution in [0.1, 0.15) is 18.4 Å². The summed E-state index contributed by atoms with van der Waals surface area (Å²) < 4.78 is 5.20. The Morgan fingerprint density at radius 1 is 1.26 bits per heavy atom. The number of anilines is 1. The zero-order chi connectivity index (χ0) is 16.8. The summed E-state index contributed by atoms with van der Waals surface area (Å²) in [5.74, 6) is -0.294. The molecule has 0 aliphatic carbocycles. The molecule has 6 nitrogen and oxygen atoms in total. The van der Waals surface area contributed by atoms with E-state index < -0.39 is 11.8 Å². The number of nitrogens with zero attached hydrogens (tertiary/aromatic N) is 1. The predicted octanol–water partition coefficient (Wildman–Crippen LogP) is 1.40. The highest BCUT2D eigenvalue weighted by molar-refractivity contribution is 6.39. The number of benzene rings is 1. The number of hydrogen-bond donors (Lipinski definition) is 2. The molecular weight excluding hydrogens is 294 g/mol. The van der Waals surface area contributed by atoms with Crippen molar-refractivity contribution in [2.75, 3.05) is 39.1 Å². The minimum atomic E-state index is -0.665. The summed E-state index contributed by atoms with van der Waals surface area (Å²) in [6, 6.07) is 5.43. The van der Waals surface area contributed by atoms with Crippen LogP contribution in [-0.4, -0.2) is 50.5 Å². The number of carbonyl (C=O) groups is 2. The van der Waals surface area contributed by atoms with Crippen LogP contribution in [0.4, 0.5) is 5.69 Å². The van der Waals surface area contributed by atoms with Crippen molar-refractivity contribution in [3.8, 4) is 5.75 Å². The number of ether oxygens (including phenoxy) is 1. The lowest BCUT2D eigenvalue weighted by molar-refractivity contribution is -0.136. The van der Waals surface area contributed by atoms with Gasteiger partial charge in [-0.15, -0.1) is 0 Å². The largest absolute Gasteiger partial charge is 0.495 e. The van der Waals surface area contributed by atoms with Crippen molar-refractivity contribution in [3.63, 3.8) is 0 Å². The number of rotatable bonds is 4. The molecule has 1 aromatic rings. The zero-order valence-corrected chi connectivity index (χ0v) is 14.0. The SMILES string of the molecule is COc1ccc(C)cc1NC(=O)C(=O)NCC1CCN(C)CC1. The highest BCUT2D eigenvalue weighted by Crippen LogP contribution is 2.25. The van der Waals surface area contributed by atoms with Crippen LogP contribution < -0.4 is 15.4 Å². The molecule has 2 N–H and O–H groups in total. The Balaban J connectivity index is 1.85. The Morgan fingerprint density at radius 3 is 2.61 bits per heavy atom. The Bertz CT molecular complexity index is 566. The average Bonchev–Trinajstić information content (AvgIpc) is 2.54. The molecular formula is C17H25N3O3. The highest BCUT2D eigenvalue weighted by Gasteiger charge is 2.20. The van der Waals surface area contributed by atoms with Gasteiger partial charge in [-0.2, -0.15) is 0 Å². The third-order valence-corrected chi connectivity index (χ3v) is 4.20. The van der Waals surface area contributed by atoms with Crippen molar-refractivity contribution in [2.24, 2.45) is 5.92 Å². The van der Waals surface area contributed by atoms with Gasteiger partial charge in [0.15, 0.2) is 0 Å². The maximum Gasteiger partial charge on any atom is 0.313 e. The third kappa shape index (κ3) is 4.96. The van der Waals surface area contributed by atoms with E-state index >= 15 is 0 Å². The zero-order valence-electron chi connectivity index (χ0n) is 14.0. The van der Waals surface area contributed by atoms with Crippen LogP contribution in [-0.2, 0) is 9.59 Å². The van der Waals surface area contributed by atoms with Crippen LogP contribution in [0.5, 0.6) is 5.75 Å². The van der Waals surface area contributed by atoms with E-state index in [0.29, 0.717) is 23.9 Å². The van der Waals surface area contributed by atoms with Crippen molar-refractivity contribution in [1.82, 2.24) is 10.2 Å². The number of amides is 2. The standard InChI is InChI=1S/C17H25N3O3/c1-12-4-5-15(23-3)14(10-12)19-17(22)16(21)18-11-13-6-8-20(2)9-7-13/h4-5,10,13H,6-9,11H2,1-3H3,(H,18,21)(H,19,22). The number of hydrogen-bond acceptors (Lipinski definition) is 4. The second-order valence-electron chi connectivity index (χ2n) is 6.11. The van der Waals surface area contributed by atoms with E-state index in [1.165, 1.54) is 7.11 Å². The molecule has 1 aliphatic rings. The maximum absolute atomic E-state index is 12.0. The van der Waals surface area contributed by atoms with Crippen LogP contribution in [0, 0.1) is 12.8 Å². The topological polar surface area (TPSA) is 70.7 Å². The monoisotopic (exact) mass is 319 g/mol. The summed E-state index contributed by atoms with van der Waals surface area (Å²) in [5, 5.41) is 5.34. The second kappa shape index (κ2) is 7.97. The first-order valence-electron chi connectivity index (χ1n) is 7.92. The highest BCUT2D eigenvalue weighted by atomic mass is 16.5. The van der Waals surface area contributed by atoms with Crippen molar-refractivity contribution < 1.29 is 14.3 Å². The molecule has 2 rings (SSSR count). The van der Waals surface area contributed by atoms with Gasteiger partial charge in [-0.1, -0.05) is 6.07 Å². The number of aryl methyl sites for hydroxylation is 1. The summed E-state index contributed by atoms with van der Waals surface area (Å²) in [6.07, 6.45) is 2.09. The molecule has 2 amide bonds. The molecule has 1 aromatic carbocycles. The molecule has 0 aromatic heterocycles. The van der Waals surface area contributed by atoms with Gasteiger partial charge in [-0.3, -0.25) is 9.59 Å². The fraction of sp³-hybridized carbons (Fsp3) is 0.529. The van der Waals surface area contributed by atoms with Crippen molar-refractivity contribution in [2.45, 2.75) is 19.8 Å². The summed E-state index contributed by atoms with van der Waals surface area (Å²) in [7, 11) is 3.62. The molecule has 0 bridgehead atoms. The minimum Gasteiger partial charge on any atom is -0.495 e. The van der Waals surface area contributed by atoms with E-state index in [0.717, 1.165) is 31.5 Å². The van der Waals surface area contributed by atoms with Crippen molar-refractivity contribution >= 4 is 17.5 Å². The molecule has 1 heterocycles. The summed E-state index contributed by atoms with van der Waals surface area (Å²) >= 11 is 0. The first kappa shape index (κ1) is 17.3. The quantitative estimate of drug-likeness (QED) is 0.823. The van der Waals surface area contributed by atoms with Crippen LogP contribution in [0.2, 0.25) is 0 Å². The number of piperidine rings is 1. The van der Waals surface area contributed by atoms with E-state index in [-0.39, 0.29) is 0 Å². The summed E-state index contributed by atoms with van der Waals surface area (Å²) in [5.41, 5.74) is 1.49. The van der Waals surface area contributed by atoms with Crippen molar-refractivity contribution in [1.29, 1.82) is 0 Å². The van der Waals surface area contributed by atoms with Crippen LogP contribution in [0.15, 0.2) is 18.2 Å². The molecule has 23 heavy (non-hydrogen) atoms. The van der Waals surface area contributed by atoms with Gasteiger partial charge >= 0.3 is 11.8 Å². The Morgan fingerprint density at radius 2 is 1.96 bits per heavy atom. The number of likely N-dealkylation sites (tertiary alicyclic amines) is 1. The molecule has 0 spiro atoms. The summed E-state index contributed by atoms with van der Waals surface area (Å²) in [4.78, 5) is 26.3. The molecule has 0 radical (unpaired) electrons. The molecule has 0 saturated carbocycles. The van der Waals surface area contributed by atoms with E-state index in [1.54, 1.807) is 12.1 Å². The lowest BCUT2D eigenvalue weighted by Crippen LogP contribution is -2.41. The fourth-order valence-electron chi connectivity index (χ4n) is 2.68. The molecule has 0 atom stereocenters. The number of methoxy groups -OCH3 is 1. The second-order valence-corrected chi connectivity index (χ2v) is 6.11. The van der Waals surface area contributed by atoms with E-state index in [1.807, 2.05) is 13.0 Å². The van der Waals surface area contributed by atoms with Gasteiger partial charge in [0.25, 0.3) is 0 Å². The predicted molar refractivity (Wildman–Crippen MR) is 89.6 cm³/mol. The molecule has 126 valence electrons. The fourth-order valence-corrected chi connectivity index (χ4v) is 2.68. The van der Waals surface area contributed by atoms with Gasteiger partial charge in [-0.25, -0.2) is 0 Å². The van der Waals surface area contributed by atoms with Gasteiger partial charge in [-0.05, 0) is 63.5 Å². The van der Waals surface area contributed by atoms with Gasteiger partial charge in [0.2, 0.25) is 0 Å². The maximum atomic E-state index is 12.0. The van der Waals surface area contributed by atoms with E-state index in [9.17, 15) is 9.59 Å². The van der Waals surface area contributed by atoms with Gasteiger partial charge in [0.05, 0.1) is 12.8 Å². The molecule has 1 aliphatic heterocycles. The van der Waals surface area contributed by atoms with Gasteiger partial charge in [0.1, 0.15) is 5.75 Å². The van der Waals surface area contributed by atoms with Gasteiger partial charge < -0.3 is 20.3 Å². The lowest BCUT2D eigenvalue weighted by atomic mass is 9.97. The lowest BCUT2D eigenvalue weighted by Gasteiger charge is -2.28. The normalized spacial score (nSPS) is 16.0. The third-order valence-electron chi connectivity index (χ3n) is 4.20. The van der Waals surface area contributed by atoms with Crippen LogP contribution >= 0.6 is 0 Å². The summed E-state index contributed by atoms with van der Waals surface area (Å²) in [6.45, 7) is 4.53. The van der Waals surface area contributed by atoms with Gasteiger partial charge in [0, 0.05) is 6.54 Å². The Hall–Kier alpha value is -2.08. The Labute approximate surface area is 137 Å². The smallest absolute Gasteiger partial charge is 0.313 e. The molecule has 6 heteroatoms. The van der Waals surface area contributed by atoms with E-state index in [4.69, 9.17) is 4.74 Å². The Kier molecular flexibility index (Phi) is 5.98.